The molecular formula is C19H21N3O4. The van der Waals surface area contributed by atoms with Gasteiger partial charge in [0.05, 0.1) is 26.5 Å². The lowest BCUT2D eigenvalue weighted by atomic mass is 10.1. The van der Waals surface area contributed by atoms with Crippen molar-refractivity contribution in [3.63, 3.8) is 0 Å². The summed E-state index contributed by atoms with van der Waals surface area (Å²) >= 11 is 0. The summed E-state index contributed by atoms with van der Waals surface area (Å²) in [5.74, 6) is 1.20. The molecule has 1 heterocycles. The van der Waals surface area contributed by atoms with Crippen LogP contribution in [0.2, 0.25) is 0 Å². The van der Waals surface area contributed by atoms with E-state index in [1.54, 1.807) is 39.5 Å². The predicted molar refractivity (Wildman–Crippen MR) is 98.9 cm³/mol. The largest absolute Gasteiger partial charge is 0.497 e. The number of ether oxygens (including phenoxy) is 2. The van der Waals surface area contributed by atoms with E-state index in [0.717, 1.165) is 10.9 Å². The summed E-state index contributed by atoms with van der Waals surface area (Å²) in [5.41, 5.74) is 3.12. The van der Waals surface area contributed by atoms with Gasteiger partial charge in [-0.05, 0) is 31.2 Å². The average molecular weight is 355 g/mol. The van der Waals surface area contributed by atoms with Gasteiger partial charge in [0.2, 0.25) is 0 Å². The van der Waals surface area contributed by atoms with Crippen molar-refractivity contribution in [2.24, 2.45) is 0 Å². The Morgan fingerprint density at radius 2 is 2.00 bits per heavy atom. The SMILES string of the molecule is COc1ccc(N(C)C(=O)NCc2noc3ccc(C)cc23)c(OC)c1. The van der Waals surface area contributed by atoms with E-state index in [0.29, 0.717) is 28.5 Å². The highest BCUT2D eigenvalue weighted by Crippen LogP contribution is 2.31. The third-order valence-corrected chi connectivity index (χ3v) is 4.16. The lowest BCUT2D eigenvalue weighted by Gasteiger charge is -2.20. The number of rotatable bonds is 5. The van der Waals surface area contributed by atoms with E-state index in [4.69, 9.17) is 14.0 Å². The second kappa shape index (κ2) is 7.35. The van der Waals surface area contributed by atoms with E-state index in [9.17, 15) is 4.79 Å². The van der Waals surface area contributed by atoms with Crippen molar-refractivity contribution in [1.29, 1.82) is 0 Å². The number of urea groups is 1. The molecule has 0 fully saturated rings. The predicted octanol–water partition coefficient (Wildman–Crippen LogP) is 3.50. The fourth-order valence-corrected chi connectivity index (χ4v) is 2.68. The van der Waals surface area contributed by atoms with Crippen LogP contribution in [0.3, 0.4) is 0 Å². The molecule has 0 unspecified atom stereocenters. The van der Waals surface area contributed by atoms with Gasteiger partial charge >= 0.3 is 6.03 Å². The highest BCUT2D eigenvalue weighted by molar-refractivity contribution is 5.93. The van der Waals surface area contributed by atoms with Crippen LogP contribution in [0, 0.1) is 6.92 Å². The lowest BCUT2D eigenvalue weighted by Crippen LogP contribution is -2.37. The lowest BCUT2D eigenvalue weighted by molar-refractivity contribution is 0.246. The van der Waals surface area contributed by atoms with E-state index >= 15 is 0 Å². The molecule has 3 rings (SSSR count). The summed E-state index contributed by atoms with van der Waals surface area (Å²) in [4.78, 5) is 14.0. The smallest absolute Gasteiger partial charge is 0.322 e. The van der Waals surface area contributed by atoms with Gasteiger partial charge in [0.1, 0.15) is 17.2 Å². The second-order valence-corrected chi connectivity index (χ2v) is 5.88. The fourth-order valence-electron chi connectivity index (χ4n) is 2.68. The van der Waals surface area contributed by atoms with Crippen molar-refractivity contribution in [1.82, 2.24) is 10.5 Å². The maximum atomic E-state index is 12.5. The quantitative estimate of drug-likeness (QED) is 0.758. The monoisotopic (exact) mass is 355 g/mol. The van der Waals surface area contributed by atoms with Crippen molar-refractivity contribution >= 4 is 22.7 Å². The summed E-state index contributed by atoms with van der Waals surface area (Å²) in [6, 6.07) is 10.8. The maximum Gasteiger partial charge on any atom is 0.322 e. The molecule has 0 atom stereocenters. The number of anilines is 1. The van der Waals surface area contributed by atoms with Gasteiger partial charge in [-0.15, -0.1) is 0 Å². The van der Waals surface area contributed by atoms with Gasteiger partial charge in [0.25, 0.3) is 0 Å². The van der Waals surface area contributed by atoms with Gasteiger partial charge in [0, 0.05) is 18.5 Å². The molecule has 0 aliphatic carbocycles. The van der Waals surface area contributed by atoms with Gasteiger partial charge in [-0.1, -0.05) is 16.8 Å². The number of carbonyl (C=O) groups is 1. The zero-order valence-electron chi connectivity index (χ0n) is 15.2. The zero-order valence-corrected chi connectivity index (χ0v) is 15.2. The van der Waals surface area contributed by atoms with Crippen LogP contribution in [-0.2, 0) is 6.54 Å². The Kier molecular flexibility index (Phi) is 4.97. The Balaban J connectivity index is 1.74. The molecule has 0 saturated heterocycles. The molecule has 7 nitrogen and oxygen atoms in total. The van der Waals surface area contributed by atoms with Gasteiger partial charge in [-0.2, -0.15) is 0 Å². The Morgan fingerprint density at radius 1 is 1.19 bits per heavy atom. The van der Waals surface area contributed by atoms with Crippen LogP contribution in [0.5, 0.6) is 11.5 Å². The summed E-state index contributed by atoms with van der Waals surface area (Å²) in [6.45, 7) is 2.26. The molecule has 0 aliphatic rings. The van der Waals surface area contributed by atoms with Crippen molar-refractivity contribution < 1.29 is 18.8 Å². The molecule has 0 radical (unpaired) electrons. The molecule has 7 heteroatoms. The van der Waals surface area contributed by atoms with E-state index in [-0.39, 0.29) is 12.6 Å². The van der Waals surface area contributed by atoms with Gasteiger partial charge in [0.15, 0.2) is 5.58 Å². The number of aromatic nitrogens is 1. The summed E-state index contributed by atoms with van der Waals surface area (Å²) < 4.78 is 15.8. The van der Waals surface area contributed by atoms with E-state index in [1.807, 2.05) is 25.1 Å². The minimum Gasteiger partial charge on any atom is -0.497 e. The van der Waals surface area contributed by atoms with Crippen molar-refractivity contribution in [3.05, 3.63) is 47.7 Å². The molecular weight excluding hydrogens is 334 g/mol. The number of carbonyl (C=O) groups excluding carboxylic acids is 1. The Hall–Kier alpha value is -3.22. The first-order chi connectivity index (χ1) is 12.5. The minimum atomic E-state index is -0.280. The Bertz CT molecular complexity index is 936. The molecule has 0 saturated carbocycles. The van der Waals surface area contributed by atoms with Gasteiger partial charge in [-0.25, -0.2) is 4.79 Å². The number of hydrogen-bond acceptors (Lipinski definition) is 5. The molecule has 0 spiro atoms. The zero-order chi connectivity index (χ0) is 18.7. The molecule has 136 valence electrons. The maximum absolute atomic E-state index is 12.5. The molecule has 3 aromatic rings. The molecule has 26 heavy (non-hydrogen) atoms. The number of amides is 2. The molecule has 0 aliphatic heterocycles. The highest BCUT2D eigenvalue weighted by Gasteiger charge is 2.17. The number of fused-ring (bicyclic) bond motifs is 1. The number of nitrogens with zero attached hydrogens (tertiary/aromatic N) is 2. The van der Waals surface area contributed by atoms with Crippen molar-refractivity contribution in [2.75, 3.05) is 26.2 Å². The van der Waals surface area contributed by atoms with Crippen LogP contribution in [0.4, 0.5) is 10.5 Å². The number of nitrogens with one attached hydrogen (secondary N) is 1. The first-order valence-corrected chi connectivity index (χ1v) is 8.12. The first-order valence-electron chi connectivity index (χ1n) is 8.12. The second-order valence-electron chi connectivity index (χ2n) is 5.88. The number of hydrogen-bond donors (Lipinski definition) is 1. The molecule has 0 bridgehead atoms. The Morgan fingerprint density at radius 3 is 2.73 bits per heavy atom. The highest BCUT2D eigenvalue weighted by atomic mass is 16.5. The normalized spacial score (nSPS) is 10.6. The van der Waals surface area contributed by atoms with E-state index < -0.39 is 0 Å². The topological polar surface area (TPSA) is 76.8 Å². The van der Waals surface area contributed by atoms with Gasteiger partial charge in [-0.3, -0.25) is 4.90 Å². The van der Waals surface area contributed by atoms with Crippen LogP contribution in [0.15, 0.2) is 40.9 Å². The van der Waals surface area contributed by atoms with E-state index in [2.05, 4.69) is 10.5 Å². The van der Waals surface area contributed by atoms with Crippen LogP contribution in [0.25, 0.3) is 11.0 Å². The summed E-state index contributed by atoms with van der Waals surface area (Å²) in [5, 5.41) is 7.80. The van der Waals surface area contributed by atoms with Gasteiger partial charge < -0.3 is 19.3 Å². The number of aryl methyl sites for hydroxylation is 1. The average Bonchev–Trinajstić information content (AvgIpc) is 3.06. The van der Waals surface area contributed by atoms with Crippen LogP contribution >= 0.6 is 0 Å². The molecule has 1 N–H and O–H groups in total. The molecule has 2 aromatic carbocycles. The van der Waals surface area contributed by atoms with Crippen LogP contribution < -0.4 is 19.7 Å². The Labute approximate surface area is 151 Å². The third kappa shape index (κ3) is 3.42. The molecule has 2 amide bonds. The summed E-state index contributed by atoms with van der Waals surface area (Å²) in [6.07, 6.45) is 0. The molecule has 1 aromatic heterocycles. The van der Waals surface area contributed by atoms with E-state index in [1.165, 1.54) is 4.90 Å². The minimum absolute atomic E-state index is 0.262. The van der Waals surface area contributed by atoms with Crippen LogP contribution in [0.1, 0.15) is 11.3 Å². The van der Waals surface area contributed by atoms with Crippen molar-refractivity contribution in [3.8, 4) is 11.5 Å². The fraction of sp³-hybridized carbons (Fsp3) is 0.263. The number of methoxy groups -OCH3 is 2. The third-order valence-electron chi connectivity index (χ3n) is 4.16. The van der Waals surface area contributed by atoms with Crippen LogP contribution in [-0.4, -0.2) is 32.5 Å². The summed E-state index contributed by atoms with van der Waals surface area (Å²) in [7, 11) is 4.80. The standard InChI is InChI=1S/C19H21N3O4/c1-12-5-8-17-14(9-12)15(21-26-17)11-20-19(23)22(2)16-7-6-13(24-3)10-18(16)25-4/h5-10H,11H2,1-4H3,(H,20,23). The van der Waals surface area contributed by atoms with Crippen molar-refractivity contribution in [2.45, 2.75) is 13.5 Å². The number of benzene rings is 2. The first kappa shape index (κ1) is 17.6.